The maximum atomic E-state index is 12.3. The third-order valence-corrected chi connectivity index (χ3v) is 3.60. The molecular formula is C16H18ClN3O2. The van der Waals surface area contributed by atoms with Gasteiger partial charge in [0.25, 0.3) is 11.5 Å². The molecule has 0 bridgehead atoms. The second-order valence-electron chi connectivity index (χ2n) is 5.00. The van der Waals surface area contributed by atoms with Crippen molar-refractivity contribution in [3.63, 3.8) is 0 Å². The van der Waals surface area contributed by atoms with Crippen molar-refractivity contribution in [2.75, 3.05) is 0 Å². The Morgan fingerprint density at radius 2 is 2.05 bits per heavy atom. The van der Waals surface area contributed by atoms with Crippen LogP contribution in [0.15, 0.2) is 41.2 Å². The maximum absolute atomic E-state index is 12.3. The molecule has 6 heteroatoms. The molecule has 1 heterocycles. The van der Waals surface area contributed by atoms with Crippen LogP contribution < -0.4 is 10.9 Å². The molecule has 0 aliphatic heterocycles. The lowest BCUT2D eigenvalue weighted by Crippen LogP contribution is -2.31. The average Bonchev–Trinajstić information content (AvgIpc) is 2.50. The molecular weight excluding hydrogens is 302 g/mol. The fraction of sp³-hybridized carbons (Fsp3) is 0.312. The van der Waals surface area contributed by atoms with Crippen molar-refractivity contribution in [1.82, 2.24) is 15.1 Å². The number of amides is 1. The Labute approximate surface area is 133 Å². The number of benzene rings is 1. The zero-order valence-corrected chi connectivity index (χ0v) is 13.3. The van der Waals surface area contributed by atoms with E-state index in [1.165, 1.54) is 16.8 Å². The number of carbonyl (C=O) groups is 1. The molecule has 1 aromatic heterocycles. The van der Waals surface area contributed by atoms with Gasteiger partial charge in [-0.3, -0.25) is 9.59 Å². The number of hydrogen-bond acceptors (Lipinski definition) is 3. The van der Waals surface area contributed by atoms with Gasteiger partial charge >= 0.3 is 0 Å². The van der Waals surface area contributed by atoms with E-state index in [0.717, 1.165) is 12.0 Å². The Balaban J connectivity index is 2.17. The Hall–Kier alpha value is -2.14. The summed E-state index contributed by atoms with van der Waals surface area (Å²) in [6, 6.07) is 9.87. The van der Waals surface area contributed by atoms with Crippen LogP contribution in [0.1, 0.15) is 42.4 Å². The van der Waals surface area contributed by atoms with Crippen molar-refractivity contribution >= 4 is 17.5 Å². The van der Waals surface area contributed by atoms with E-state index in [-0.39, 0.29) is 23.2 Å². The number of hydrogen-bond donors (Lipinski definition) is 1. The number of aryl methyl sites for hydroxylation is 1. The Bertz CT molecular complexity index is 727. The summed E-state index contributed by atoms with van der Waals surface area (Å²) in [4.78, 5) is 23.9. The molecule has 22 heavy (non-hydrogen) atoms. The SMILES string of the molecule is CCCn1nc(C(=O)N[C@@H](C)c2ccccc2Cl)ccc1=O. The summed E-state index contributed by atoms with van der Waals surface area (Å²) in [5.74, 6) is -0.336. The average molecular weight is 320 g/mol. The van der Waals surface area contributed by atoms with Crippen molar-refractivity contribution in [3.05, 3.63) is 63.0 Å². The molecule has 116 valence electrons. The zero-order valence-electron chi connectivity index (χ0n) is 12.5. The Morgan fingerprint density at radius 3 is 2.73 bits per heavy atom. The summed E-state index contributed by atoms with van der Waals surface area (Å²) in [5, 5.41) is 7.53. The Morgan fingerprint density at radius 1 is 1.32 bits per heavy atom. The molecule has 1 atom stereocenters. The van der Waals surface area contributed by atoms with Gasteiger partial charge in [0.2, 0.25) is 0 Å². The molecule has 1 N–H and O–H groups in total. The molecule has 2 aromatic rings. The van der Waals surface area contributed by atoms with E-state index in [2.05, 4.69) is 10.4 Å². The first kappa shape index (κ1) is 16.2. The minimum absolute atomic E-state index is 0.211. The van der Waals surface area contributed by atoms with Crippen LogP contribution in [-0.4, -0.2) is 15.7 Å². The number of halogens is 1. The molecule has 0 aliphatic rings. The smallest absolute Gasteiger partial charge is 0.272 e. The predicted molar refractivity (Wildman–Crippen MR) is 86.1 cm³/mol. The highest BCUT2D eigenvalue weighted by molar-refractivity contribution is 6.31. The van der Waals surface area contributed by atoms with Crippen LogP contribution in [0, 0.1) is 0 Å². The van der Waals surface area contributed by atoms with Crippen molar-refractivity contribution < 1.29 is 4.79 Å². The van der Waals surface area contributed by atoms with Gasteiger partial charge in [-0.05, 0) is 31.0 Å². The van der Waals surface area contributed by atoms with Gasteiger partial charge in [0.05, 0.1) is 6.04 Å². The lowest BCUT2D eigenvalue weighted by Gasteiger charge is -2.15. The highest BCUT2D eigenvalue weighted by Gasteiger charge is 2.15. The van der Waals surface area contributed by atoms with Gasteiger partial charge in [-0.15, -0.1) is 0 Å². The monoisotopic (exact) mass is 319 g/mol. The number of nitrogens with zero attached hydrogens (tertiary/aromatic N) is 2. The van der Waals surface area contributed by atoms with Gasteiger partial charge in [0.1, 0.15) is 5.69 Å². The largest absolute Gasteiger partial charge is 0.344 e. The van der Waals surface area contributed by atoms with Crippen molar-refractivity contribution in [2.45, 2.75) is 32.9 Å². The summed E-state index contributed by atoms with van der Waals surface area (Å²) in [5.41, 5.74) is 0.837. The highest BCUT2D eigenvalue weighted by atomic mass is 35.5. The predicted octanol–water partition coefficient (Wildman–Crippen LogP) is 2.80. The van der Waals surface area contributed by atoms with E-state index in [9.17, 15) is 9.59 Å². The minimum Gasteiger partial charge on any atom is -0.344 e. The highest BCUT2D eigenvalue weighted by Crippen LogP contribution is 2.22. The van der Waals surface area contributed by atoms with Crippen molar-refractivity contribution in [1.29, 1.82) is 0 Å². The van der Waals surface area contributed by atoms with Crippen LogP contribution in [0.4, 0.5) is 0 Å². The van der Waals surface area contributed by atoms with Crippen LogP contribution in [0.2, 0.25) is 5.02 Å². The number of aromatic nitrogens is 2. The lowest BCUT2D eigenvalue weighted by molar-refractivity contribution is 0.0932. The summed E-state index contributed by atoms with van der Waals surface area (Å²) in [6.07, 6.45) is 0.772. The fourth-order valence-electron chi connectivity index (χ4n) is 2.12. The summed E-state index contributed by atoms with van der Waals surface area (Å²) in [6.45, 7) is 4.28. The maximum Gasteiger partial charge on any atom is 0.272 e. The fourth-order valence-corrected chi connectivity index (χ4v) is 2.42. The standard InChI is InChI=1S/C16H18ClN3O2/c1-3-10-20-15(21)9-8-14(19-20)16(22)18-11(2)12-6-4-5-7-13(12)17/h4-9,11H,3,10H2,1-2H3,(H,18,22)/t11-/m0/s1. The first-order valence-electron chi connectivity index (χ1n) is 7.16. The molecule has 0 radical (unpaired) electrons. The van der Waals surface area contributed by atoms with Gasteiger partial charge in [0.15, 0.2) is 0 Å². The van der Waals surface area contributed by atoms with E-state index >= 15 is 0 Å². The molecule has 0 fully saturated rings. The van der Waals surface area contributed by atoms with Crippen LogP contribution in [0.25, 0.3) is 0 Å². The summed E-state index contributed by atoms with van der Waals surface area (Å²) in [7, 11) is 0. The van der Waals surface area contributed by atoms with Gasteiger partial charge in [0, 0.05) is 17.6 Å². The second-order valence-corrected chi connectivity index (χ2v) is 5.40. The van der Waals surface area contributed by atoms with Crippen LogP contribution in [-0.2, 0) is 6.54 Å². The number of carbonyl (C=O) groups excluding carboxylic acids is 1. The third-order valence-electron chi connectivity index (χ3n) is 3.25. The van der Waals surface area contributed by atoms with Gasteiger partial charge in [-0.25, -0.2) is 4.68 Å². The van der Waals surface area contributed by atoms with E-state index in [1.54, 1.807) is 6.07 Å². The first-order valence-corrected chi connectivity index (χ1v) is 7.54. The molecule has 1 amide bonds. The third kappa shape index (κ3) is 3.74. The topological polar surface area (TPSA) is 64.0 Å². The van der Waals surface area contributed by atoms with Crippen molar-refractivity contribution in [2.24, 2.45) is 0 Å². The molecule has 1 aromatic carbocycles. The normalized spacial score (nSPS) is 12.0. The van der Waals surface area contributed by atoms with Crippen LogP contribution >= 0.6 is 11.6 Å². The van der Waals surface area contributed by atoms with Crippen molar-refractivity contribution in [3.8, 4) is 0 Å². The number of nitrogens with one attached hydrogen (secondary N) is 1. The van der Waals surface area contributed by atoms with E-state index in [4.69, 9.17) is 11.6 Å². The van der Waals surface area contributed by atoms with Crippen LogP contribution in [0.3, 0.4) is 0 Å². The molecule has 0 spiro atoms. The first-order chi connectivity index (χ1) is 10.5. The quantitative estimate of drug-likeness (QED) is 0.921. The molecule has 5 nitrogen and oxygen atoms in total. The molecule has 0 aliphatic carbocycles. The van der Waals surface area contributed by atoms with Crippen LogP contribution in [0.5, 0.6) is 0 Å². The molecule has 0 unspecified atom stereocenters. The van der Waals surface area contributed by atoms with Gasteiger partial charge in [-0.2, -0.15) is 5.10 Å². The van der Waals surface area contributed by atoms with E-state index < -0.39 is 0 Å². The Kier molecular flexibility index (Phi) is 5.33. The molecule has 2 rings (SSSR count). The zero-order chi connectivity index (χ0) is 16.1. The molecule has 0 saturated heterocycles. The van der Waals surface area contributed by atoms with E-state index in [1.807, 2.05) is 32.0 Å². The molecule has 0 saturated carbocycles. The summed E-state index contributed by atoms with van der Waals surface area (Å²) < 4.78 is 1.30. The van der Waals surface area contributed by atoms with Gasteiger partial charge < -0.3 is 5.32 Å². The second kappa shape index (κ2) is 7.22. The van der Waals surface area contributed by atoms with E-state index in [0.29, 0.717) is 11.6 Å². The lowest BCUT2D eigenvalue weighted by atomic mass is 10.1. The minimum atomic E-state index is -0.336. The number of rotatable bonds is 5. The summed E-state index contributed by atoms with van der Waals surface area (Å²) >= 11 is 6.12. The van der Waals surface area contributed by atoms with Gasteiger partial charge in [-0.1, -0.05) is 36.7 Å².